The van der Waals surface area contributed by atoms with Gasteiger partial charge in [0.25, 0.3) is 0 Å². The topological polar surface area (TPSA) is 48.9 Å². The summed E-state index contributed by atoms with van der Waals surface area (Å²) in [5, 5.41) is 0. The number of hydrogen-bond donors (Lipinski definition) is 0. The molecular formula is C15H15N3O2. The largest absolute Gasteiger partial charge is 0.347 e. The predicted octanol–water partition coefficient (Wildman–Crippen LogP) is 0.907. The van der Waals surface area contributed by atoms with Crippen LogP contribution in [0.1, 0.15) is 24.9 Å². The van der Waals surface area contributed by atoms with Gasteiger partial charge in [-0.2, -0.15) is 0 Å². The number of rotatable bonds is 0. The maximum Gasteiger partial charge on any atom is 0.347 e. The Labute approximate surface area is 115 Å². The van der Waals surface area contributed by atoms with Gasteiger partial charge in [0.2, 0.25) is 0 Å². The van der Waals surface area contributed by atoms with Crippen molar-refractivity contribution in [3.05, 3.63) is 57.4 Å². The maximum atomic E-state index is 12.4. The lowest BCUT2D eigenvalue weighted by Gasteiger charge is -2.65. The highest BCUT2D eigenvalue weighted by Gasteiger charge is 2.67. The van der Waals surface area contributed by atoms with Crippen molar-refractivity contribution in [2.45, 2.75) is 24.9 Å². The van der Waals surface area contributed by atoms with Crippen LogP contribution in [0.4, 0.5) is 0 Å². The molecule has 3 aliphatic carbocycles. The molecule has 102 valence electrons. The number of nitrogens with zero attached hydrogens (tertiary/aromatic N) is 3. The van der Waals surface area contributed by atoms with Crippen molar-refractivity contribution in [1.82, 2.24) is 13.9 Å². The Kier molecular flexibility index (Phi) is 1.52. The molecule has 0 N–H and O–H groups in total. The van der Waals surface area contributed by atoms with Crippen molar-refractivity contribution >= 4 is 0 Å². The molecule has 0 saturated carbocycles. The quantitative estimate of drug-likeness (QED) is 0.657. The lowest BCUT2D eigenvalue weighted by molar-refractivity contribution is -0.0513. The van der Waals surface area contributed by atoms with Gasteiger partial charge < -0.3 is 0 Å². The van der Waals surface area contributed by atoms with Crippen molar-refractivity contribution in [2.24, 2.45) is 17.9 Å². The van der Waals surface area contributed by atoms with Gasteiger partial charge in [0.05, 0.1) is 12.1 Å². The molecule has 5 nitrogen and oxygen atoms in total. The van der Waals surface area contributed by atoms with Crippen LogP contribution in [0, 0.1) is 10.8 Å². The molecule has 1 aromatic heterocycles. The fourth-order valence-corrected chi connectivity index (χ4v) is 4.81. The fraction of sp³-hybridized carbons (Fsp3) is 0.467. The first kappa shape index (κ1) is 10.7. The van der Waals surface area contributed by atoms with Gasteiger partial charge in [-0.25, -0.2) is 23.5 Å². The Morgan fingerprint density at radius 3 is 1.80 bits per heavy atom. The lowest BCUT2D eigenvalue weighted by Crippen LogP contribution is -2.64. The molecular weight excluding hydrogens is 254 g/mol. The maximum absolute atomic E-state index is 12.4. The molecule has 4 unspecified atom stereocenters. The third-order valence-electron chi connectivity index (χ3n) is 5.88. The molecule has 3 heterocycles. The molecule has 0 aromatic carbocycles. The number of hydrogen-bond acceptors (Lipinski definition) is 2. The van der Waals surface area contributed by atoms with E-state index in [0.717, 1.165) is 12.8 Å². The van der Waals surface area contributed by atoms with Crippen LogP contribution < -0.4 is 11.4 Å². The Morgan fingerprint density at radius 1 is 0.950 bits per heavy atom. The van der Waals surface area contributed by atoms with Crippen LogP contribution in [-0.4, -0.2) is 13.9 Å². The highest BCUT2D eigenvalue weighted by Crippen LogP contribution is 2.71. The first-order chi connectivity index (χ1) is 9.62. The number of allylic oxidation sites excluding steroid dienone is 6. The van der Waals surface area contributed by atoms with Gasteiger partial charge in [0.1, 0.15) is 0 Å². The Hall–Kier alpha value is -2.04. The van der Waals surface area contributed by atoms with Crippen LogP contribution in [0.2, 0.25) is 0 Å². The second-order valence-corrected chi connectivity index (χ2v) is 6.38. The Morgan fingerprint density at radius 2 is 1.40 bits per heavy atom. The van der Waals surface area contributed by atoms with Gasteiger partial charge >= 0.3 is 11.4 Å². The average Bonchev–Trinajstić information content (AvgIpc) is 2.67. The molecule has 5 aliphatic rings. The van der Waals surface area contributed by atoms with E-state index in [9.17, 15) is 9.59 Å². The Balaban J connectivity index is 1.92. The second kappa shape index (κ2) is 2.85. The van der Waals surface area contributed by atoms with Gasteiger partial charge in [0, 0.05) is 17.9 Å². The molecule has 5 heteroatoms. The van der Waals surface area contributed by atoms with Crippen LogP contribution in [0.25, 0.3) is 0 Å². The lowest BCUT2D eigenvalue weighted by atomic mass is 9.43. The van der Waals surface area contributed by atoms with Crippen LogP contribution in [0.3, 0.4) is 0 Å². The molecule has 2 aliphatic heterocycles. The second-order valence-electron chi connectivity index (χ2n) is 6.38. The van der Waals surface area contributed by atoms with Gasteiger partial charge in [-0.05, 0) is 12.8 Å². The molecule has 20 heavy (non-hydrogen) atoms. The summed E-state index contributed by atoms with van der Waals surface area (Å²) in [5.41, 5.74) is -0.434. The molecule has 0 fully saturated rings. The van der Waals surface area contributed by atoms with Crippen molar-refractivity contribution in [3.63, 3.8) is 0 Å². The molecule has 4 atom stereocenters. The van der Waals surface area contributed by atoms with Crippen LogP contribution in [0.15, 0.2) is 46.0 Å². The summed E-state index contributed by atoms with van der Waals surface area (Å²) in [7, 11) is 1.56. The zero-order valence-electron chi connectivity index (χ0n) is 11.2. The molecule has 0 spiro atoms. The summed E-state index contributed by atoms with van der Waals surface area (Å²) in [4.78, 5) is 24.8. The zero-order valence-corrected chi connectivity index (χ0v) is 11.2. The average molecular weight is 269 g/mol. The van der Waals surface area contributed by atoms with E-state index in [-0.39, 0.29) is 34.3 Å². The van der Waals surface area contributed by atoms with E-state index in [2.05, 4.69) is 36.5 Å². The fourth-order valence-electron chi connectivity index (χ4n) is 4.81. The zero-order chi connectivity index (χ0) is 13.7. The van der Waals surface area contributed by atoms with E-state index in [4.69, 9.17) is 0 Å². The van der Waals surface area contributed by atoms with E-state index in [1.165, 1.54) is 4.57 Å². The SMILES string of the molecule is Cn1c(=O)n2n(c1=O)C1C=CC2C23C=CC12CC=CC3. The molecule has 0 saturated heterocycles. The minimum absolute atomic E-state index is 0.0151. The highest BCUT2D eigenvalue weighted by molar-refractivity contribution is 5.43. The summed E-state index contributed by atoms with van der Waals surface area (Å²) >= 11 is 0. The van der Waals surface area contributed by atoms with E-state index < -0.39 is 0 Å². The monoisotopic (exact) mass is 269 g/mol. The van der Waals surface area contributed by atoms with Crippen LogP contribution >= 0.6 is 0 Å². The molecule has 1 aromatic rings. The molecule has 6 rings (SSSR count). The minimum Gasteiger partial charge on any atom is -0.246 e. The van der Waals surface area contributed by atoms with Crippen molar-refractivity contribution in [1.29, 1.82) is 0 Å². The van der Waals surface area contributed by atoms with Gasteiger partial charge in [-0.15, -0.1) is 0 Å². The molecule has 0 amide bonds. The normalized spacial score (nSPS) is 42.0. The summed E-state index contributed by atoms with van der Waals surface area (Å²) in [6.45, 7) is 0. The standard InChI is InChI=1S/C15H15N3O2/c1-16-12(19)17-10-4-5-11(18(17)13(16)20)15-7-3-2-6-14(10,15)8-9-15/h2-5,8-11H,6-7H2,1H3. The van der Waals surface area contributed by atoms with E-state index in [0.29, 0.717) is 0 Å². The molecule has 2 bridgehead atoms. The van der Waals surface area contributed by atoms with Crippen molar-refractivity contribution in [2.75, 3.05) is 0 Å². The third-order valence-corrected chi connectivity index (χ3v) is 5.88. The van der Waals surface area contributed by atoms with Gasteiger partial charge in [-0.1, -0.05) is 36.5 Å². The third kappa shape index (κ3) is 0.773. The minimum atomic E-state index is -0.202. The van der Waals surface area contributed by atoms with E-state index >= 15 is 0 Å². The summed E-state index contributed by atoms with van der Waals surface area (Å²) in [6.07, 6.45) is 15.1. The van der Waals surface area contributed by atoms with E-state index in [1.54, 1.807) is 16.4 Å². The first-order valence-corrected chi connectivity index (χ1v) is 7.06. The predicted molar refractivity (Wildman–Crippen MR) is 73.5 cm³/mol. The van der Waals surface area contributed by atoms with E-state index in [1.807, 2.05) is 0 Å². The summed E-state index contributed by atoms with van der Waals surface area (Å²) in [6, 6.07) is -0.0762. The summed E-state index contributed by atoms with van der Waals surface area (Å²) in [5.74, 6) is 0. The van der Waals surface area contributed by atoms with Gasteiger partial charge in [-0.3, -0.25) is 0 Å². The Bertz CT molecular complexity index is 784. The van der Waals surface area contributed by atoms with Gasteiger partial charge in [0.15, 0.2) is 0 Å². The first-order valence-electron chi connectivity index (χ1n) is 7.06. The molecule has 0 radical (unpaired) electrons. The van der Waals surface area contributed by atoms with Crippen molar-refractivity contribution < 1.29 is 0 Å². The van der Waals surface area contributed by atoms with Crippen molar-refractivity contribution in [3.8, 4) is 0 Å². The van der Waals surface area contributed by atoms with Crippen LogP contribution in [0.5, 0.6) is 0 Å². The summed E-state index contributed by atoms with van der Waals surface area (Å²) < 4.78 is 4.58. The smallest absolute Gasteiger partial charge is 0.246 e. The number of aromatic nitrogens is 3. The highest BCUT2D eigenvalue weighted by atomic mass is 16.2. The van der Waals surface area contributed by atoms with Crippen LogP contribution in [-0.2, 0) is 7.05 Å².